The van der Waals surface area contributed by atoms with E-state index in [1.54, 1.807) is 12.1 Å². The van der Waals surface area contributed by atoms with Gasteiger partial charge in [-0.05, 0) is 36.5 Å². The van der Waals surface area contributed by atoms with Crippen molar-refractivity contribution >= 4 is 17.8 Å². The number of hydrogen-bond donors (Lipinski definition) is 3. The summed E-state index contributed by atoms with van der Waals surface area (Å²) in [6.07, 6.45) is 5.10. The minimum Gasteiger partial charge on any atom is -0.478 e. The van der Waals surface area contributed by atoms with Gasteiger partial charge in [0.25, 0.3) is 0 Å². The number of aromatic carboxylic acids is 1. The highest BCUT2D eigenvalue weighted by atomic mass is 16.4. The number of nitrogens with one attached hydrogen (secondary N) is 2. The summed E-state index contributed by atoms with van der Waals surface area (Å²) in [6, 6.07) is 6.30. The third kappa shape index (κ3) is 5.73. The first-order chi connectivity index (χ1) is 11.0. The molecule has 0 radical (unpaired) electrons. The van der Waals surface area contributed by atoms with Gasteiger partial charge in [-0.1, -0.05) is 25.0 Å². The number of hydrogen-bond acceptors (Lipinski definition) is 3. The maximum atomic E-state index is 11.7. The highest BCUT2D eigenvalue weighted by molar-refractivity contribution is 5.87. The van der Waals surface area contributed by atoms with E-state index in [2.05, 4.69) is 10.6 Å². The summed E-state index contributed by atoms with van der Waals surface area (Å²) in [7, 11) is 0. The van der Waals surface area contributed by atoms with Gasteiger partial charge in [-0.2, -0.15) is 0 Å². The predicted octanol–water partition coefficient (Wildman–Crippen LogP) is 1.70. The molecule has 6 nitrogen and oxygen atoms in total. The highest BCUT2D eigenvalue weighted by Crippen LogP contribution is 2.27. The van der Waals surface area contributed by atoms with E-state index < -0.39 is 5.97 Å². The Morgan fingerprint density at radius 1 is 1.00 bits per heavy atom. The largest absolute Gasteiger partial charge is 0.478 e. The van der Waals surface area contributed by atoms with Crippen molar-refractivity contribution in [2.45, 2.75) is 38.6 Å². The van der Waals surface area contributed by atoms with E-state index in [4.69, 9.17) is 5.11 Å². The molecule has 0 bridgehead atoms. The maximum absolute atomic E-state index is 11.7. The number of amides is 2. The van der Waals surface area contributed by atoms with E-state index in [1.807, 2.05) is 0 Å². The Balaban J connectivity index is 1.66. The van der Waals surface area contributed by atoms with Crippen molar-refractivity contribution in [1.82, 2.24) is 10.6 Å². The fraction of sp³-hybridized carbons (Fsp3) is 0.471. The molecule has 3 N–H and O–H groups in total. The normalized spacial score (nSPS) is 14.4. The second-order valence-corrected chi connectivity index (χ2v) is 5.91. The van der Waals surface area contributed by atoms with Crippen LogP contribution in [-0.2, 0) is 16.1 Å². The molecule has 1 aliphatic carbocycles. The van der Waals surface area contributed by atoms with Gasteiger partial charge in [0.1, 0.15) is 0 Å². The standard InChI is InChI=1S/C17H22N2O4/c20-15(9-12-3-1-2-4-12)19-11-16(21)18-10-13-5-7-14(8-6-13)17(22)23/h5-8,12H,1-4,9-11H2,(H,18,21)(H,19,20)(H,22,23). The Morgan fingerprint density at radius 2 is 1.65 bits per heavy atom. The van der Waals surface area contributed by atoms with Gasteiger partial charge in [0.15, 0.2) is 0 Å². The number of carboxylic acids is 1. The molecule has 0 heterocycles. The molecule has 23 heavy (non-hydrogen) atoms. The molecule has 2 rings (SSSR count). The number of carbonyl (C=O) groups excluding carboxylic acids is 2. The Hall–Kier alpha value is -2.37. The molecule has 2 amide bonds. The van der Waals surface area contributed by atoms with Crippen molar-refractivity contribution in [3.63, 3.8) is 0 Å². The van der Waals surface area contributed by atoms with Gasteiger partial charge < -0.3 is 15.7 Å². The van der Waals surface area contributed by atoms with Crippen LogP contribution in [0.3, 0.4) is 0 Å². The molecule has 6 heteroatoms. The number of benzene rings is 1. The van der Waals surface area contributed by atoms with Crippen LogP contribution in [0.1, 0.15) is 48.0 Å². The topological polar surface area (TPSA) is 95.5 Å². The molecule has 0 saturated heterocycles. The summed E-state index contributed by atoms with van der Waals surface area (Å²) in [4.78, 5) is 34.2. The average molecular weight is 318 g/mol. The van der Waals surface area contributed by atoms with Gasteiger partial charge in [-0.3, -0.25) is 9.59 Å². The average Bonchev–Trinajstić information content (AvgIpc) is 3.04. The van der Waals surface area contributed by atoms with Gasteiger partial charge in [0.05, 0.1) is 12.1 Å². The monoisotopic (exact) mass is 318 g/mol. The van der Waals surface area contributed by atoms with Gasteiger partial charge in [0.2, 0.25) is 11.8 Å². The Kier molecular flexibility index (Phi) is 6.14. The molecule has 1 saturated carbocycles. The van der Waals surface area contributed by atoms with Crippen molar-refractivity contribution in [2.75, 3.05) is 6.54 Å². The Bertz CT molecular complexity index is 562. The zero-order chi connectivity index (χ0) is 16.7. The molecule has 0 atom stereocenters. The van der Waals surface area contributed by atoms with Crippen LogP contribution in [0.25, 0.3) is 0 Å². The van der Waals surface area contributed by atoms with Gasteiger partial charge in [0, 0.05) is 13.0 Å². The third-order valence-corrected chi connectivity index (χ3v) is 4.09. The first-order valence-electron chi connectivity index (χ1n) is 7.90. The molecule has 0 aromatic heterocycles. The quantitative estimate of drug-likeness (QED) is 0.713. The zero-order valence-corrected chi connectivity index (χ0v) is 13.0. The second-order valence-electron chi connectivity index (χ2n) is 5.91. The van der Waals surface area contributed by atoms with E-state index in [-0.39, 0.29) is 23.9 Å². The maximum Gasteiger partial charge on any atom is 0.335 e. The SMILES string of the molecule is O=C(CNC(=O)CC1CCCC1)NCc1ccc(C(=O)O)cc1. The summed E-state index contributed by atoms with van der Waals surface area (Å²) >= 11 is 0. The van der Waals surface area contributed by atoms with Gasteiger partial charge >= 0.3 is 5.97 Å². The van der Waals surface area contributed by atoms with Crippen molar-refractivity contribution in [2.24, 2.45) is 5.92 Å². The van der Waals surface area contributed by atoms with Gasteiger partial charge in [-0.25, -0.2) is 4.79 Å². The highest BCUT2D eigenvalue weighted by Gasteiger charge is 2.18. The van der Waals surface area contributed by atoms with E-state index in [0.29, 0.717) is 18.9 Å². The van der Waals surface area contributed by atoms with E-state index >= 15 is 0 Å². The molecule has 1 aliphatic rings. The van der Waals surface area contributed by atoms with Crippen LogP contribution in [0.15, 0.2) is 24.3 Å². The van der Waals surface area contributed by atoms with E-state index in [0.717, 1.165) is 18.4 Å². The fourth-order valence-corrected chi connectivity index (χ4v) is 2.76. The van der Waals surface area contributed by atoms with Crippen LogP contribution in [0.5, 0.6) is 0 Å². The Labute approximate surface area is 135 Å². The summed E-state index contributed by atoms with van der Waals surface area (Å²) in [5, 5.41) is 14.1. The molecule has 0 spiro atoms. The lowest BCUT2D eigenvalue weighted by molar-refractivity contribution is -0.126. The Morgan fingerprint density at radius 3 is 2.26 bits per heavy atom. The molecule has 124 valence electrons. The lowest BCUT2D eigenvalue weighted by Crippen LogP contribution is -2.37. The first kappa shape index (κ1) is 17.0. The van der Waals surface area contributed by atoms with Crippen molar-refractivity contribution < 1.29 is 19.5 Å². The predicted molar refractivity (Wildman–Crippen MR) is 84.8 cm³/mol. The summed E-state index contributed by atoms with van der Waals surface area (Å²) in [6.45, 7) is 0.274. The summed E-state index contributed by atoms with van der Waals surface area (Å²) in [5.41, 5.74) is 1.01. The molecule has 1 fully saturated rings. The van der Waals surface area contributed by atoms with Crippen molar-refractivity contribution in [3.05, 3.63) is 35.4 Å². The number of carboxylic acid groups (broad SMARTS) is 1. The molecule has 1 aromatic carbocycles. The molecular weight excluding hydrogens is 296 g/mol. The van der Waals surface area contributed by atoms with Gasteiger partial charge in [-0.15, -0.1) is 0 Å². The zero-order valence-electron chi connectivity index (χ0n) is 13.0. The summed E-state index contributed by atoms with van der Waals surface area (Å²) in [5.74, 6) is -0.846. The molecule has 1 aromatic rings. The minimum absolute atomic E-state index is 0.0290. The number of carbonyl (C=O) groups is 3. The van der Waals surface area contributed by atoms with Crippen molar-refractivity contribution in [3.8, 4) is 0 Å². The summed E-state index contributed by atoms with van der Waals surface area (Å²) < 4.78 is 0. The van der Waals surface area contributed by atoms with Crippen LogP contribution < -0.4 is 10.6 Å². The van der Waals surface area contributed by atoms with Crippen molar-refractivity contribution in [1.29, 1.82) is 0 Å². The first-order valence-corrected chi connectivity index (χ1v) is 7.90. The number of rotatable bonds is 7. The molecule has 0 aliphatic heterocycles. The third-order valence-electron chi connectivity index (χ3n) is 4.09. The molecular formula is C17H22N2O4. The van der Waals surface area contributed by atoms with E-state index in [9.17, 15) is 14.4 Å². The second kappa shape index (κ2) is 8.31. The van der Waals surface area contributed by atoms with Crippen LogP contribution >= 0.6 is 0 Å². The van der Waals surface area contributed by atoms with Crippen LogP contribution in [-0.4, -0.2) is 29.4 Å². The smallest absolute Gasteiger partial charge is 0.335 e. The lowest BCUT2D eigenvalue weighted by atomic mass is 10.0. The lowest BCUT2D eigenvalue weighted by Gasteiger charge is -2.10. The molecule has 0 unspecified atom stereocenters. The van der Waals surface area contributed by atoms with E-state index in [1.165, 1.54) is 25.0 Å². The fourth-order valence-electron chi connectivity index (χ4n) is 2.76. The van der Waals surface area contributed by atoms with Crippen LogP contribution in [0, 0.1) is 5.92 Å². The van der Waals surface area contributed by atoms with Crippen LogP contribution in [0.2, 0.25) is 0 Å². The van der Waals surface area contributed by atoms with Crippen LogP contribution in [0.4, 0.5) is 0 Å². The minimum atomic E-state index is -0.981.